The summed E-state index contributed by atoms with van der Waals surface area (Å²) in [5, 5.41) is 8.43. The van der Waals surface area contributed by atoms with Gasteiger partial charge in [0.25, 0.3) is 0 Å². The van der Waals surface area contributed by atoms with E-state index in [1.54, 1.807) is 24.0 Å². The van der Waals surface area contributed by atoms with Gasteiger partial charge in [-0.3, -0.25) is 9.48 Å². The van der Waals surface area contributed by atoms with E-state index in [-0.39, 0.29) is 5.91 Å². The average Bonchev–Trinajstić information content (AvgIpc) is 3.39. The summed E-state index contributed by atoms with van der Waals surface area (Å²) in [6, 6.07) is 6.50. The molecule has 2 aromatic heterocycles. The Morgan fingerprint density at radius 2 is 1.87 bits per heavy atom. The van der Waals surface area contributed by atoms with Crippen LogP contribution in [0.5, 0.6) is 0 Å². The lowest BCUT2D eigenvalue weighted by Gasteiger charge is -2.25. The second-order valence-corrected chi connectivity index (χ2v) is 8.05. The number of fused-ring (bicyclic) bond motifs is 2. The fourth-order valence-corrected chi connectivity index (χ4v) is 3.93. The number of carbonyl (C=O) groups excluding carboxylic acids is 1. The number of benzene rings is 1. The van der Waals surface area contributed by atoms with Crippen molar-refractivity contribution in [3.63, 3.8) is 0 Å². The highest BCUT2D eigenvalue weighted by Gasteiger charge is 2.14. The monoisotopic (exact) mass is 407 g/mol. The second-order valence-electron chi connectivity index (χ2n) is 8.05. The van der Waals surface area contributed by atoms with E-state index in [0.717, 1.165) is 49.3 Å². The van der Waals surface area contributed by atoms with Crippen molar-refractivity contribution < 1.29 is 4.79 Å². The summed E-state index contributed by atoms with van der Waals surface area (Å²) in [6.07, 6.45) is 7.07. The Morgan fingerprint density at radius 3 is 2.60 bits per heavy atom. The average molecular weight is 408 g/mol. The zero-order chi connectivity index (χ0) is 21.1. The maximum atomic E-state index is 10.6. The van der Waals surface area contributed by atoms with Crippen LogP contribution in [0, 0.1) is 0 Å². The quantitative estimate of drug-likeness (QED) is 0.704. The van der Waals surface area contributed by atoms with Gasteiger partial charge < -0.3 is 15.1 Å². The molecule has 0 saturated carbocycles. The van der Waals surface area contributed by atoms with E-state index in [1.165, 1.54) is 24.0 Å². The minimum atomic E-state index is 0.225. The molecule has 3 aromatic rings. The molecule has 0 atom stereocenters. The fourth-order valence-electron chi connectivity index (χ4n) is 3.93. The lowest BCUT2D eigenvalue weighted by Crippen LogP contribution is -2.26. The zero-order valence-corrected chi connectivity index (χ0v) is 17.9. The molecule has 2 aliphatic rings. The molecule has 0 unspecified atom stereocenters. The highest BCUT2D eigenvalue weighted by molar-refractivity contribution is 5.75. The van der Waals surface area contributed by atoms with Crippen molar-refractivity contribution in [1.82, 2.24) is 29.5 Å². The smallest absolute Gasteiger partial charge is 0.229 e. The standard InChI is InChI=1S/C16H18N6.C6H11NO/c1-21-6-5-11-3-4-14(7-12(11)10-21)19-16-17-8-13-9-18-22(2)15(13)20-16;1-6(8)7-4-2-3-5-7/h3-4,7-9H,5-6,10H2,1-2H3,(H,17,19,20);2-5H2,1H3. The van der Waals surface area contributed by atoms with Crippen molar-refractivity contribution in [3.05, 3.63) is 41.7 Å². The van der Waals surface area contributed by atoms with Crippen LogP contribution in [0.1, 0.15) is 30.9 Å². The van der Waals surface area contributed by atoms with Gasteiger partial charge in [0.15, 0.2) is 5.65 Å². The first kappa shape index (κ1) is 20.3. The van der Waals surface area contributed by atoms with Gasteiger partial charge >= 0.3 is 0 Å². The topological polar surface area (TPSA) is 79.2 Å². The van der Waals surface area contributed by atoms with Crippen LogP contribution in [0.2, 0.25) is 0 Å². The largest absolute Gasteiger partial charge is 0.343 e. The lowest BCUT2D eigenvalue weighted by molar-refractivity contribution is -0.127. The molecule has 0 radical (unpaired) electrons. The Bertz CT molecular complexity index is 1040. The molecule has 0 spiro atoms. The van der Waals surface area contributed by atoms with E-state index in [4.69, 9.17) is 0 Å². The summed E-state index contributed by atoms with van der Waals surface area (Å²) in [4.78, 5) is 23.7. The Balaban J connectivity index is 0.000000230. The first-order chi connectivity index (χ1) is 14.5. The number of anilines is 2. The number of likely N-dealkylation sites (N-methyl/N-ethyl adjacent to an activating group) is 1. The van der Waals surface area contributed by atoms with Gasteiger partial charge in [0.05, 0.1) is 11.6 Å². The molecule has 8 nitrogen and oxygen atoms in total. The zero-order valence-electron chi connectivity index (χ0n) is 17.9. The predicted octanol–water partition coefficient (Wildman–Crippen LogP) is 2.72. The number of nitrogens with zero attached hydrogens (tertiary/aromatic N) is 6. The van der Waals surface area contributed by atoms with Gasteiger partial charge in [0, 0.05) is 52.0 Å². The van der Waals surface area contributed by atoms with E-state index in [2.05, 4.69) is 50.5 Å². The molecule has 0 aliphatic carbocycles. The maximum Gasteiger partial charge on any atom is 0.229 e. The first-order valence-corrected chi connectivity index (χ1v) is 10.5. The van der Waals surface area contributed by atoms with Crippen LogP contribution < -0.4 is 5.32 Å². The molecule has 5 rings (SSSR count). The fraction of sp³-hybridized carbons (Fsp3) is 0.455. The summed E-state index contributed by atoms with van der Waals surface area (Å²) >= 11 is 0. The number of amides is 1. The molecule has 1 N–H and O–H groups in total. The summed E-state index contributed by atoms with van der Waals surface area (Å²) in [5.41, 5.74) is 4.66. The van der Waals surface area contributed by atoms with Crippen LogP contribution in [0.4, 0.5) is 11.6 Å². The molecule has 158 valence electrons. The van der Waals surface area contributed by atoms with Gasteiger partial charge in [-0.2, -0.15) is 10.1 Å². The molecule has 4 heterocycles. The van der Waals surface area contributed by atoms with Gasteiger partial charge in [0.2, 0.25) is 11.9 Å². The van der Waals surface area contributed by atoms with E-state index in [9.17, 15) is 4.79 Å². The Morgan fingerprint density at radius 1 is 1.07 bits per heavy atom. The minimum Gasteiger partial charge on any atom is -0.343 e. The van der Waals surface area contributed by atoms with E-state index >= 15 is 0 Å². The molecule has 1 aromatic carbocycles. The number of nitrogens with one attached hydrogen (secondary N) is 1. The minimum absolute atomic E-state index is 0.225. The first-order valence-electron chi connectivity index (χ1n) is 10.5. The summed E-state index contributed by atoms with van der Waals surface area (Å²) in [7, 11) is 4.04. The van der Waals surface area contributed by atoms with Crippen LogP contribution in [0.25, 0.3) is 11.0 Å². The molecule has 1 saturated heterocycles. The van der Waals surface area contributed by atoms with Crippen molar-refractivity contribution >= 4 is 28.6 Å². The normalized spacial score (nSPS) is 16.2. The summed E-state index contributed by atoms with van der Waals surface area (Å²) in [5.74, 6) is 0.822. The second kappa shape index (κ2) is 8.79. The Hall–Kier alpha value is -3.00. The van der Waals surface area contributed by atoms with E-state index in [0.29, 0.717) is 5.95 Å². The van der Waals surface area contributed by atoms with Crippen LogP contribution in [0.3, 0.4) is 0 Å². The van der Waals surface area contributed by atoms with Gasteiger partial charge in [-0.05, 0) is 49.6 Å². The van der Waals surface area contributed by atoms with Crippen molar-refractivity contribution in [3.8, 4) is 0 Å². The van der Waals surface area contributed by atoms with Gasteiger partial charge in [-0.25, -0.2) is 4.98 Å². The summed E-state index contributed by atoms with van der Waals surface area (Å²) in [6.45, 7) is 5.71. The van der Waals surface area contributed by atoms with Gasteiger partial charge in [-0.1, -0.05) is 6.07 Å². The van der Waals surface area contributed by atoms with Crippen LogP contribution >= 0.6 is 0 Å². The van der Waals surface area contributed by atoms with E-state index < -0.39 is 0 Å². The number of aryl methyl sites for hydroxylation is 1. The molecule has 0 bridgehead atoms. The molecule has 8 heteroatoms. The van der Waals surface area contributed by atoms with Gasteiger partial charge in [0.1, 0.15) is 0 Å². The maximum absolute atomic E-state index is 10.6. The molecule has 1 amide bonds. The van der Waals surface area contributed by atoms with Crippen LogP contribution in [-0.4, -0.2) is 62.1 Å². The number of rotatable bonds is 2. The SMILES string of the molecule is CC(=O)N1CCCC1.CN1CCc2ccc(Nc3ncc4cnn(C)c4n3)cc2C1. The van der Waals surface area contributed by atoms with Crippen molar-refractivity contribution in [2.75, 3.05) is 32.0 Å². The Labute approximate surface area is 176 Å². The third-order valence-electron chi connectivity index (χ3n) is 5.69. The summed E-state index contributed by atoms with van der Waals surface area (Å²) < 4.78 is 1.75. The lowest BCUT2D eigenvalue weighted by atomic mass is 9.99. The highest BCUT2D eigenvalue weighted by Crippen LogP contribution is 2.23. The molecule has 30 heavy (non-hydrogen) atoms. The number of carbonyl (C=O) groups is 1. The number of hydrogen-bond donors (Lipinski definition) is 1. The third-order valence-corrected chi connectivity index (χ3v) is 5.69. The van der Waals surface area contributed by atoms with Crippen LogP contribution in [-0.2, 0) is 24.8 Å². The highest BCUT2D eigenvalue weighted by atomic mass is 16.2. The number of likely N-dealkylation sites (tertiary alicyclic amines) is 1. The third kappa shape index (κ3) is 4.59. The number of hydrogen-bond acceptors (Lipinski definition) is 6. The van der Waals surface area contributed by atoms with E-state index in [1.807, 2.05) is 11.9 Å². The molecular formula is C22H29N7O. The molecule has 1 fully saturated rings. The molecule has 2 aliphatic heterocycles. The van der Waals surface area contributed by atoms with Crippen LogP contribution in [0.15, 0.2) is 30.6 Å². The van der Waals surface area contributed by atoms with Crippen molar-refractivity contribution in [1.29, 1.82) is 0 Å². The van der Waals surface area contributed by atoms with Gasteiger partial charge in [-0.15, -0.1) is 0 Å². The van der Waals surface area contributed by atoms with Crippen molar-refractivity contribution in [2.45, 2.75) is 32.7 Å². The number of aromatic nitrogens is 4. The predicted molar refractivity (Wildman–Crippen MR) is 118 cm³/mol. The Kier molecular flexibility index (Phi) is 5.94. The van der Waals surface area contributed by atoms with Crippen molar-refractivity contribution in [2.24, 2.45) is 7.05 Å². The molecular weight excluding hydrogens is 378 g/mol.